The third kappa shape index (κ3) is 3.54. The molecule has 0 radical (unpaired) electrons. The van der Waals surface area contributed by atoms with Gasteiger partial charge in [-0.05, 0) is 62.2 Å². The van der Waals surface area contributed by atoms with Gasteiger partial charge < -0.3 is 15.8 Å². The van der Waals surface area contributed by atoms with Crippen LogP contribution in [0, 0.1) is 13.8 Å². The first-order valence-electron chi connectivity index (χ1n) is 6.92. The van der Waals surface area contributed by atoms with Crippen molar-refractivity contribution < 1.29 is 9.53 Å². The van der Waals surface area contributed by atoms with Crippen molar-refractivity contribution in [1.82, 2.24) is 0 Å². The van der Waals surface area contributed by atoms with E-state index in [2.05, 4.69) is 19.2 Å². The molecule has 0 aliphatic rings. The molecule has 0 unspecified atom stereocenters. The fraction of sp³-hybridized carbons (Fsp3) is 0.235. The van der Waals surface area contributed by atoms with Crippen LogP contribution in [0.1, 0.15) is 28.4 Å². The molecule has 0 bridgehead atoms. The standard InChI is InChI=1S/C17H20N2O2/c1-4-21-17(20)15-10-13(18)6-8-16(15)19-14-7-5-11(2)12(3)9-14/h5-10,19H,4,18H2,1-3H3. The lowest BCUT2D eigenvalue weighted by molar-refractivity contribution is 0.0527. The highest BCUT2D eigenvalue weighted by Gasteiger charge is 2.13. The van der Waals surface area contributed by atoms with Crippen molar-refractivity contribution in [1.29, 1.82) is 0 Å². The Hall–Kier alpha value is -2.49. The normalized spacial score (nSPS) is 10.2. The molecule has 0 aromatic heterocycles. The second-order valence-corrected chi connectivity index (χ2v) is 4.95. The molecule has 4 heteroatoms. The molecular formula is C17H20N2O2. The maximum atomic E-state index is 12.0. The van der Waals surface area contributed by atoms with E-state index < -0.39 is 0 Å². The highest BCUT2D eigenvalue weighted by molar-refractivity contribution is 5.97. The van der Waals surface area contributed by atoms with Crippen molar-refractivity contribution in [3.05, 3.63) is 53.1 Å². The number of ether oxygens (including phenoxy) is 1. The van der Waals surface area contributed by atoms with Crippen LogP contribution < -0.4 is 11.1 Å². The van der Waals surface area contributed by atoms with Gasteiger partial charge in [-0.25, -0.2) is 4.79 Å². The summed E-state index contributed by atoms with van der Waals surface area (Å²) in [5.74, 6) is -0.379. The van der Waals surface area contributed by atoms with E-state index in [1.54, 1.807) is 25.1 Å². The van der Waals surface area contributed by atoms with Gasteiger partial charge in [0.15, 0.2) is 0 Å². The Labute approximate surface area is 124 Å². The maximum Gasteiger partial charge on any atom is 0.340 e. The van der Waals surface area contributed by atoms with Crippen molar-refractivity contribution in [2.75, 3.05) is 17.7 Å². The average Bonchev–Trinajstić information content (AvgIpc) is 2.45. The third-order valence-corrected chi connectivity index (χ3v) is 3.32. The van der Waals surface area contributed by atoms with Gasteiger partial charge in [-0.2, -0.15) is 0 Å². The molecule has 0 fully saturated rings. The lowest BCUT2D eigenvalue weighted by atomic mass is 10.1. The number of rotatable bonds is 4. The molecule has 0 heterocycles. The molecule has 4 nitrogen and oxygen atoms in total. The van der Waals surface area contributed by atoms with E-state index in [0.717, 1.165) is 5.69 Å². The summed E-state index contributed by atoms with van der Waals surface area (Å²) in [6.07, 6.45) is 0. The van der Waals surface area contributed by atoms with Crippen LogP contribution in [0.4, 0.5) is 17.1 Å². The summed E-state index contributed by atoms with van der Waals surface area (Å²) in [7, 11) is 0. The lowest BCUT2D eigenvalue weighted by Gasteiger charge is -2.13. The number of carbonyl (C=O) groups is 1. The van der Waals surface area contributed by atoms with Crippen LogP contribution in [-0.2, 0) is 4.74 Å². The third-order valence-electron chi connectivity index (χ3n) is 3.32. The van der Waals surface area contributed by atoms with E-state index in [-0.39, 0.29) is 5.97 Å². The minimum Gasteiger partial charge on any atom is -0.462 e. The van der Waals surface area contributed by atoms with Crippen LogP contribution in [0.15, 0.2) is 36.4 Å². The number of nitrogen functional groups attached to an aromatic ring is 1. The molecule has 0 aliphatic heterocycles. The Morgan fingerprint density at radius 3 is 2.57 bits per heavy atom. The SMILES string of the molecule is CCOC(=O)c1cc(N)ccc1Nc1ccc(C)c(C)c1. The molecule has 0 aliphatic carbocycles. The van der Waals surface area contributed by atoms with E-state index in [0.29, 0.717) is 23.5 Å². The molecule has 3 N–H and O–H groups in total. The molecular weight excluding hydrogens is 264 g/mol. The Morgan fingerprint density at radius 2 is 1.90 bits per heavy atom. The first kappa shape index (κ1) is 14.9. The summed E-state index contributed by atoms with van der Waals surface area (Å²) < 4.78 is 5.07. The van der Waals surface area contributed by atoms with Crippen molar-refractivity contribution in [3.63, 3.8) is 0 Å². The Kier molecular flexibility index (Phi) is 4.48. The average molecular weight is 284 g/mol. The van der Waals surface area contributed by atoms with E-state index in [1.165, 1.54) is 11.1 Å². The Balaban J connectivity index is 2.34. The summed E-state index contributed by atoms with van der Waals surface area (Å²) in [6, 6.07) is 11.2. The fourth-order valence-electron chi connectivity index (χ4n) is 2.02. The molecule has 21 heavy (non-hydrogen) atoms. The molecule has 2 aromatic carbocycles. The molecule has 0 atom stereocenters. The minimum absolute atomic E-state index is 0.330. The molecule has 110 valence electrons. The molecule has 0 amide bonds. The van der Waals surface area contributed by atoms with Crippen molar-refractivity contribution in [2.24, 2.45) is 0 Å². The molecule has 0 saturated heterocycles. The summed E-state index contributed by atoms with van der Waals surface area (Å²) in [6.45, 7) is 6.22. The summed E-state index contributed by atoms with van der Waals surface area (Å²) in [4.78, 5) is 12.0. The number of nitrogens with two attached hydrogens (primary N) is 1. The van der Waals surface area contributed by atoms with Crippen LogP contribution >= 0.6 is 0 Å². The fourth-order valence-corrected chi connectivity index (χ4v) is 2.02. The molecule has 2 aromatic rings. The first-order valence-corrected chi connectivity index (χ1v) is 6.92. The summed E-state index contributed by atoms with van der Waals surface area (Å²) >= 11 is 0. The number of hydrogen-bond donors (Lipinski definition) is 2. The van der Waals surface area contributed by atoms with Gasteiger partial charge in [0, 0.05) is 11.4 Å². The quantitative estimate of drug-likeness (QED) is 0.662. The molecule has 0 spiro atoms. The number of aryl methyl sites for hydroxylation is 2. The van der Waals surface area contributed by atoms with E-state index in [9.17, 15) is 4.79 Å². The van der Waals surface area contributed by atoms with E-state index in [4.69, 9.17) is 10.5 Å². The van der Waals surface area contributed by atoms with Crippen LogP contribution in [0.5, 0.6) is 0 Å². The molecule has 2 rings (SSSR count). The molecule has 0 saturated carbocycles. The van der Waals surface area contributed by atoms with E-state index in [1.807, 2.05) is 18.2 Å². The zero-order valence-electron chi connectivity index (χ0n) is 12.6. The number of anilines is 3. The second-order valence-electron chi connectivity index (χ2n) is 4.95. The van der Waals surface area contributed by atoms with Crippen LogP contribution in [-0.4, -0.2) is 12.6 Å². The van der Waals surface area contributed by atoms with Gasteiger partial charge >= 0.3 is 5.97 Å². The summed E-state index contributed by atoms with van der Waals surface area (Å²) in [5, 5.41) is 3.25. The van der Waals surface area contributed by atoms with Gasteiger partial charge in [0.2, 0.25) is 0 Å². The summed E-state index contributed by atoms with van der Waals surface area (Å²) in [5.41, 5.74) is 10.8. The highest BCUT2D eigenvalue weighted by Crippen LogP contribution is 2.25. The van der Waals surface area contributed by atoms with Gasteiger partial charge in [-0.3, -0.25) is 0 Å². The largest absolute Gasteiger partial charge is 0.462 e. The smallest absolute Gasteiger partial charge is 0.340 e. The number of hydrogen-bond acceptors (Lipinski definition) is 4. The van der Waals surface area contributed by atoms with Gasteiger partial charge in [-0.1, -0.05) is 6.07 Å². The maximum absolute atomic E-state index is 12.0. The highest BCUT2D eigenvalue weighted by atomic mass is 16.5. The van der Waals surface area contributed by atoms with Crippen LogP contribution in [0.25, 0.3) is 0 Å². The van der Waals surface area contributed by atoms with Gasteiger partial charge in [0.05, 0.1) is 17.9 Å². The Bertz CT molecular complexity index is 666. The van der Waals surface area contributed by atoms with Gasteiger partial charge in [0.1, 0.15) is 0 Å². The second kappa shape index (κ2) is 6.31. The lowest BCUT2D eigenvalue weighted by Crippen LogP contribution is -2.08. The predicted molar refractivity (Wildman–Crippen MR) is 86.0 cm³/mol. The van der Waals surface area contributed by atoms with Gasteiger partial charge in [0.25, 0.3) is 0 Å². The van der Waals surface area contributed by atoms with Crippen molar-refractivity contribution >= 4 is 23.0 Å². The minimum atomic E-state index is -0.379. The zero-order valence-corrected chi connectivity index (χ0v) is 12.6. The Morgan fingerprint density at radius 1 is 1.14 bits per heavy atom. The number of esters is 1. The first-order chi connectivity index (χ1) is 10.0. The van der Waals surface area contributed by atoms with Crippen LogP contribution in [0.2, 0.25) is 0 Å². The predicted octanol–water partition coefficient (Wildman–Crippen LogP) is 3.81. The number of benzene rings is 2. The number of nitrogens with one attached hydrogen (secondary N) is 1. The topological polar surface area (TPSA) is 64.3 Å². The zero-order chi connectivity index (χ0) is 15.4. The number of carbonyl (C=O) groups excluding carboxylic acids is 1. The van der Waals surface area contributed by atoms with Crippen LogP contribution in [0.3, 0.4) is 0 Å². The van der Waals surface area contributed by atoms with E-state index >= 15 is 0 Å². The monoisotopic (exact) mass is 284 g/mol. The van der Waals surface area contributed by atoms with Crippen molar-refractivity contribution in [3.8, 4) is 0 Å². The van der Waals surface area contributed by atoms with Gasteiger partial charge in [-0.15, -0.1) is 0 Å². The van der Waals surface area contributed by atoms with Crippen molar-refractivity contribution in [2.45, 2.75) is 20.8 Å².